The molecule has 2 aromatic heterocycles. The predicted octanol–water partition coefficient (Wildman–Crippen LogP) is 14.8. The molecule has 0 saturated heterocycles. The summed E-state index contributed by atoms with van der Waals surface area (Å²) >= 11 is 0. The van der Waals surface area contributed by atoms with Crippen molar-refractivity contribution in [2.75, 3.05) is 0 Å². The Morgan fingerprint density at radius 1 is 0.333 bits per heavy atom. The molecule has 0 atom stereocenters. The lowest BCUT2D eigenvalue weighted by Gasteiger charge is -2.19. The third kappa shape index (κ3) is 4.20. The van der Waals surface area contributed by atoms with E-state index in [-0.39, 0.29) is 0 Å². The summed E-state index contributed by atoms with van der Waals surface area (Å²) in [5, 5.41) is 18.2. The van der Waals surface area contributed by atoms with E-state index in [1.807, 2.05) is 12.1 Å². The lowest BCUT2D eigenvalue weighted by Crippen LogP contribution is -1.91. The number of aromatic nitrogens is 2. The van der Waals surface area contributed by atoms with Gasteiger partial charge in [0.25, 0.3) is 0 Å². The maximum absolute atomic E-state index is 6.06. The molecule has 0 saturated carbocycles. The highest BCUT2D eigenvalue weighted by atomic mass is 16.3. The highest BCUT2D eigenvalue weighted by Gasteiger charge is 2.27. The van der Waals surface area contributed by atoms with Crippen LogP contribution in [-0.2, 0) is 0 Å². The van der Waals surface area contributed by atoms with E-state index in [1.54, 1.807) is 6.20 Å². The highest BCUT2D eigenvalue weighted by molar-refractivity contribution is 6.45. The zero-order valence-corrected chi connectivity index (χ0v) is 30.6. The van der Waals surface area contributed by atoms with Crippen molar-refractivity contribution in [2.45, 2.75) is 0 Å². The van der Waals surface area contributed by atoms with Crippen LogP contribution in [0.25, 0.3) is 131 Å². The Morgan fingerprint density at radius 3 is 1.67 bits per heavy atom. The van der Waals surface area contributed by atoms with Gasteiger partial charge in [0.1, 0.15) is 0 Å². The fraction of sp³-hybridized carbons (Fsp3) is 0. The molecule has 13 aromatic rings. The molecule has 0 aliphatic carbocycles. The van der Waals surface area contributed by atoms with Gasteiger partial charge in [-0.3, -0.25) is 0 Å². The molecule has 57 heavy (non-hydrogen) atoms. The van der Waals surface area contributed by atoms with Crippen molar-refractivity contribution in [1.29, 1.82) is 0 Å². The van der Waals surface area contributed by atoms with Gasteiger partial charge in [0.15, 0.2) is 11.2 Å². The van der Waals surface area contributed by atoms with Gasteiger partial charge in [0.05, 0.1) is 0 Å². The summed E-state index contributed by atoms with van der Waals surface area (Å²) in [4.78, 5) is 9.01. The zero-order valence-electron chi connectivity index (χ0n) is 30.6. The van der Waals surface area contributed by atoms with Crippen LogP contribution < -0.4 is 0 Å². The van der Waals surface area contributed by atoms with Crippen LogP contribution in [0.2, 0.25) is 0 Å². The van der Waals surface area contributed by atoms with Gasteiger partial charge >= 0.3 is 0 Å². The van der Waals surface area contributed by atoms with Crippen molar-refractivity contribution in [1.82, 2.24) is 9.97 Å². The maximum atomic E-state index is 6.06. The molecular formula is C54H30N2O. The van der Waals surface area contributed by atoms with Gasteiger partial charge in [-0.1, -0.05) is 146 Å². The van der Waals surface area contributed by atoms with Crippen molar-refractivity contribution in [3.05, 3.63) is 182 Å². The number of fused-ring (bicyclic) bond motifs is 9. The van der Waals surface area contributed by atoms with Gasteiger partial charge in [0.2, 0.25) is 5.89 Å². The number of pyridine rings is 1. The molecule has 13 rings (SSSR count). The van der Waals surface area contributed by atoms with Crippen molar-refractivity contribution in [3.63, 3.8) is 0 Å². The number of hydrogen-bond acceptors (Lipinski definition) is 3. The standard InChI is InChI=1S/C54H30N2O/c1-3-12-32(13-4-1)46-44-30-43-37-17-8-7-16-36(37)39-19-10-20-40(49(39)43)50(44)47(33-14-5-2-6-15-33)52-41-21-9-18-38-35(27-28-42(48(38)41)51(46)52)31-23-25-34(26-24-31)54-56-53-45(57-54)22-11-29-55-53/h1-30H. The Kier molecular flexibility index (Phi) is 6.16. The van der Waals surface area contributed by atoms with E-state index in [1.165, 1.54) is 103 Å². The van der Waals surface area contributed by atoms with E-state index in [2.05, 4.69) is 174 Å². The second-order valence-corrected chi connectivity index (χ2v) is 15.2. The van der Waals surface area contributed by atoms with Gasteiger partial charge in [-0.2, -0.15) is 4.98 Å². The van der Waals surface area contributed by atoms with Crippen molar-refractivity contribution in [3.8, 4) is 44.8 Å². The topological polar surface area (TPSA) is 38.9 Å². The van der Waals surface area contributed by atoms with E-state index >= 15 is 0 Å². The summed E-state index contributed by atoms with van der Waals surface area (Å²) in [6.07, 6.45) is 1.74. The molecule has 3 nitrogen and oxygen atoms in total. The predicted molar refractivity (Wildman–Crippen MR) is 238 cm³/mol. The molecule has 0 unspecified atom stereocenters. The van der Waals surface area contributed by atoms with E-state index in [4.69, 9.17) is 4.42 Å². The van der Waals surface area contributed by atoms with Crippen LogP contribution in [0, 0.1) is 0 Å². The number of benzene rings is 9. The van der Waals surface area contributed by atoms with Crippen LogP contribution in [0.5, 0.6) is 0 Å². The molecule has 0 aliphatic heterocycles. The lowest BCUT2D eigenvalue weighted by molar-refractivity contribution is 0.619. The number of oxazole rings is 1. The van der Waals surface area contributed by atoms with Crippen LogP contribution in [-0.4, -0.2) is 9.97 Å². The smallest absolute Gasteiger partial charge is 0.228 e. The van der Waals surface area contributed by atoms with E-state index in [9.17, 15) is 0 Å². The molecule has 2 heterocycles. The van der Waals surface area contributed by atoms with Crippen molar-refractivity contribution < 1.29 is 4.42 Å². The van der Waals surface area contributed by atoms with Gasteiger partial charge in [-0.05, 0) is 139 Å². The summed E-state index contributed by atoms with van der Waals surface area (Å²) in [5.41, 5.74) is 9.61. The zero-order chi connectivity index (χ0) is 37.2. The summed E-state index contributed by atoms with van der Waals surface area (Å²) in [6, 6.07) is 64.3. The minimum Gasteiger partial charge on any atom is -0.434 e. The Labute approximate surface area is 326 Å². The van der Waals surface area contributed by atoms with Gasteiger partial charge in [-0.25, -0.2) is 4.98 Å². The molecule has 262 valence electrons. The van der Waals surface area contributed by atoms with Gasteiger partial charge in [0, 0.05) is 11.8 Å². The third-order valence-electron chi connectivity index (χ3n) is 12.2. The normalized spacial score (nSPS) is 12.2. The van der Waals surface area contributed by atoms with Crippen LogP contribution in [0.4, 0.5) is 0 Å². The largest absolute Gasteiger partial charge is 0.434 e. The summed E-state index contributed by atoms with van der Waals surface area (Å²) in [5.74, 6) is 0.575. The fourth-order valence-corrected chi connectivity index (χ4v) is 9.95. The molecule has 0 amide bonds. The Morgan fingerprint density at radius 2 is 0.912 bits per heavy atom. The lowest BCUT2D eigenvalue weighted by atomic mass is 9.84. The first-order valence-corrected chi connectivity index (χ1v) is 19.5. The quantitative estimate of drug-likeness (QED) is 0.170. The molecule has 11 aromatic carbocycles. The second-order valence-electron chi connectivity index (χ2n) is 15.2. The summed E-state index contributed by atoms with van der Waals surface area (Å²) in [7, 11) is 0. The number of nitrogens with zero attached hydrogens (tertiary/aromatic N) is 2. The van der Waals surface area contributed by atoms with Gasteiger partial charge < -0.3 is 4.42 Å². The maximum Gasteiger partial charge on any atom is 0.228 e. The number of hydrogen-bond donors (Lipinski definition) is 0. The third-order valence-corrected chi connectivity index (χ3v) is 12.2. The first-order chi connectivity index (χ1) is 28.3. The summed E-state index contributed by atoms with van der Waals surface area (Å²) in [6.45, 7) is 0. The molecule has 3 heteroatoms. The highest BCUT2D eigenvalue weighted by Crippen LogP contribution is 2.55. The fourth-order valence-electron chi connectivity index (χ4n) is 9.95. The molecule has 0 fully saturated rings. The monoisotopic (exact) mass is 722 g/mol. The van der Waals surface area contributed by atoms with Crippen LogP contribution in [0.15, 0.2) is 187 Å². The Hall–Kier alpha value is -7.62. The van der Waals surface area contributed by atoms with Crippen molar-refractivity contribution in [2.24, 2.45) is 0 Å². The minimum atomic E-state index is 0.575. The molecular weight excluding hydrogens is 693 g/mol. The van der Waals surface area contributed by atoms with E-state index in [0.29, 0.717) is 17.1 Å². The molecule has 0 bridgehead atoms. The molecule has 0 aliphatic rings. The Balaban J connectivity index is 1.18. The molecule has 0 spiro atoms. The van der Waals surface area contributed by atoms with Crippen LogP contribution in [0.1, 0.15) is 0 Å². The average molecular weight is 723 g/mol. The van der Waals surface area contributed by atoms with Crippen LogP contribution >= 0.6 is 0 Å². The molecule has 0 radical (unpaired) electrons. The number of rotatable bonds is 4. The SMILES string of the molecule is c1ccc(-c2c3cc4c5ccccc5c5cccc(c3c(-c3ccccc3)c3c6cccc7c(-c8ccc(-c9nc%10ncccc%10o9)cc8)ccc(c23)c76)c54)cc1. The minimum absolute atomic E-state index is 0.575. The first kappa shape index (κ1) is 30.7. The average Bonchev–Trinajstić information content (AvgIpc) is 3.96. The summed E-state index contributed by atoms with van der Waals surface area (Å²) < 4.78 is 6.06. The van der Waals surface area contributed by atoms with Gasteiger partial charge in [-0.15, -0.1) is 0 Å². The Bertz CT molecular complexity index is 3680. The van der Waals surface area contributed by atoms with E-state index in [0.717, 1.165) is 11.1 Å². The first-order valence-electron chi connectivity index (χ1n) is 19.5. The molecule has 0 N–H and O–H groups in total. The second kappa shape index (κ2) is 11.5. The van der Waals surface area contributed by atoms with E-state index < -0.39 is 0 Å². The van der Waals surface area contributed by atoms with Crippen molar-refractivity contribution >= 4 is 86.6 Å². The van der Waals surface area contributed by atoms with Crippen LogP contribution in [0.3, 0.4) is 0 Å².